The van der Waals surface area contributed by atoms with Crippen LogP contribution in [0.1, 0.15) is 28.5 Å². The van der Waals surface area contributed by atoms with Crippen LogP contribution in [0.4, 0.5) is 11.6 Å². The first-order chi connectivity index (χ1) is 13.6. The largest absolute Gasteiger partial charge is 0.497 e. The minimum atomic E-state index is -0.395. The van der Waals surface area contributed by atoms with Gasteiger partial charge in [0.1, 0.15) is 5.75 Å². The summed E-state index contributed by atoms with van der Waals surface area (Å²) in [6.07, 6.45) is 3.29. The van der Waals surface area contributed by atoms with Crippen LogP contribution in [-0.4, -0.2) is 39.4 Å². The van der Waals surface area contributed by atoms with Gasteiger partial charge in [0.15, 0.2) is 5.69 Å². The minimum Gasteiger partial charge on any atom is -0.497 e. The third-order valence-corrected chi connectivity index (χ3v) is 4.69. The maximum atomic E-state index is 12.2. The van der Waals surface area contributed by atoms with Crippen LogP contribution >= 0.6 is 0 Å². The Balaban J connectivity index is 1.69. The monoisotopic (exact) mass is 379 g/mol. The second-order valence-electron chi connectivity index (χ2n) is 6.44. The second kappa shape index (κ2) is 7.30. The van der Waals surface area contributed by atoms with Crippen LogP contribution in [0.5, 0.6) is 5.75 Å². The van der Waals surface area contributed by atoms with E-state index in [0.29, 0.717) is 24.7 Å². The number of rotatable bonds is 5. The number of nitrogens with one attached hydrogen (secondary N) is 1. The van der Waals surface area contributed by atoms with E-state index in [1.54, 1.807) is 18.7 Å². The summed E-state index contributed by atoms with van der Waals surface area (Å²) in [6.45, 7) is 2.10. The van der Waals surface area contributed by atoms with Gasteiger partial charge in [0.2, 0.25) is 5.95 Å². The number of aromatic nitrogens is 4. The Bertz CT molecular complexity index is 1030. The van der Waals surface area contributed by atoms with E-state index in [-0.39, 0.29) is 0 Å². The lowest BCUT2D eigenvalue weighted by Crippen LogP contribution is -2.12. The first kappa shape index (κ1) is 18.0. The minimum absolute atomic E-state index is 0.318. The first-order valence-electron chi connectivity index (χ1n) is 9.11. The highest BCUT2D eigenvalue weighted by Gasteiger charge is 2.29. The maximum Gasteiger partial charge on any atom is 0.359 e. The fraction of sp³-hybridized carbons (Fsp3) is 0.300. The van der Waals surface area contributed by atoms with Gasteiger partial charge in [-0.25, -0.2) is 14.8 Å². The Morgan fingerprint density at radius 1 is 1.25 bits per heavy atom. The summed E-state index contributed by atoms with van der Waals surface area (Å²) in [5.41, 5.74) is 4.76. The molecule has 8 nitrogen and oxygen atoms in total. The van der Waals surface area contributed by atoms with Crippen molar-refractivity contribution in [3.8, 4) is 17.1 Å². The van der Waals surface area contributed by atoms with Crippen molar-refractivity contribution in [1.82, 2.24) is 19.7 Å². The van der Waals surface area contributed by atoms with Gasteiger partial charge in [0, 0.05) is 24.5 Å². The lowest BCUT2D eigenvalue weighted by Gasteiger charge is -2.17. The van der Waals surface area contributed by atoms with Crippen LogP contribution in [0.25, 0.3) is 11.4 Å². The molecule has 0 saturated carbocycles. The van der Waals surface area contributed by atoms with Gasteiger partial charge in [-0.3, -0.25) is 4.68 Å². The number of hydrogen-bond donors (Lipinski definition) is 1. The lowest BCUT2D eigenvalue weighted by atomic mass is 9.93. The molecule has 0 amide bonds. The zero-order valence-corrected chi connectivity index (χ0v) is 16.0. The van der Waals surface area contributed by atoms with Gasteiger partial charge in [-0.15, -0.1) is 0 Å². The molecule has 0 fully saturated rings. The average Bonchev–Trinajstić information content (AvgIpc) is 3.06. The van der Waals surface area contributed by atoms with Crippen LogP contribution in [-0.2, 0) is 24.6 Å². The number of carbonyl (C=O) groups excluding carboxylic acids is 1. The van der Waals surface area contributed by atoms with Gasteiger partial charge in [-0.05, 0) is 49.6 Å². The number of benzene rings is 1. The number of hydrogen-bond acceptors (Lipinski definition) is 7. The number of fused-ring (bicyclic) bond motifs is 3. The molecule has 1 aromatic carbocycles. The van der Waals surface area contributed by atoms with Gasteiger partial charge in [-0.2, -0.15) is 5.10 Å². The molecule has 2 heterocycles. The van der Waals surface area contributed by atoms with Gasteiger partial charge in [-0.1, -0.05) is 0 Å². The summed E-state index contributed by atoms with van der Waals surface area (Å²) >= 11 is 0. The second-order valence-corrected chi connectivity index (χ2v) is 6.44. The Morgan fingerprint density at radius 2 is 2.04 bits per heavy atom. The zero-order chi connectivity index (χ0) is 19.7. The van der Waals surface area contributed by atoms with Crippen LogP contribution in [0.2, 0.25) is 0 Å². The summed E-state index contributed by atoms with van der Waals surface area (Å²) in [5.74, 6) is 0.868. The zero-order valence-electron chi connectivity index (χ0n) is 16.0. The molecular formula is C20H21N5O3. The lowest BCUT2D eigenvalue weighted by molar-refractivity contribution is 0.0517. The van der Waals surface area contributed by atoms with E-state index in [2.05, 4.69) is 15.4 Å². The number of anilines is 2. The molecule has 3 aromatic rings. The summed E-state index contributed by atoms with van der Waals surface area (Å²) in [7, 11) is 3.44. The van der Waals surface area contributed by atoms with Crippen molar-refractivity contribution in [2.45, 2.75) is 19.8 Å². The standard InChI is InChI=1S/C20H21N5O3/c1-4-28-19(26)17-15-10-5-12-11-21-20(23-16(12)18(15)25(2)24-17)22-13-6-8-14(27-3)9-7-13/h6-9,11H,4-5,10H2,1-3H3,(H,21,22,23). The molecule has 0 unspecified atom stereocenters. The van der Waals surface area contributed by atoms with E-state index < -0.39 is 5.97 Å². The highest BCUT2D eigenvalue weighted by atomic mass is 16.5. The van der Waals surface area contributed by atoms with E-state index >= 15 is 0 Å². The van der Waals surface area contributed by atoms with Crippen LogP contribution in [0.3, 0.4) is 0 Å². The van der Waals surface area contributed by atoms with Gasteiger partial charge < -0.3 is 14.8 Å². The number of carbonyl (C=O) groups is 1. The topological polar surface area (TPSA) is 91.2 Å². The quantitative estimate of drug-likeness (QED) is 0.682. The highest BCUT2D eigenvalue weighted by Crippen LogP contribution is 2.34. The molecule has 0 spiro atoms. The fourth-order valence-corrected chi connectivity index (χ4v) is 3.38. The van der Waals surface area contributed by atoms with E-state index in [1.165, 1.54) is 0 Å². The van der Waals surface area contributed by atoms with Gasteiger partial charge in [0.25, 0.3) is 0 Å². The molecule has 1 N–H and O–H groups in total. The van der Waals surface area contributed by atoms with E-state index in [9.17, 15) is 4.79 Å². The van der Waals surface area contributed by atoms with E-state index in [0.717, 1.165) is 40.4 Å². The van der Waals surface area contributed by atoms with Crippen molar-refractivity contribution in [3.05, 3.63) is 47.3 Å². The van der Waals surface area contributed by atoms with Crippen molar-refractivity contribution < 1.29 is 14.3 Å². The number of methoxy groups -OCH3 is 1. The van der Waals surface area contributed by atoms with Crippen molar-refractivity contribution in [1.29, 1.82) is 0 Å². The van der Waals surface area contributed by atoms with Crippen molar-refractivity contribution >= 4 is 17.6 Å². The smallest absolute Gasteiger partial charge is 0.359 e. The number of ether oxygens (including phenoxy) is 2. The van der Waals surface area contributed by atoms with Crippen LogP contribution in [0, 0.1) is 0 Å². The summed E-state index contributed by atoms with van der Waals surface area (Å²) in [5, 5.41) is 7.60. The molecule has 1 aliphatic carbocycles. The third kappa shape index (κ3) is 3.17. The Morgan fingerprint density at radius 3 is 2.75 bits per heavy atom. The van der Waals surface area contributed by atoms with E-state index in [1.807, 2.05) is 37.5 Å². The predicted molar refractivity (Wildman–Crippen MR) is 104 cm³/mol. The molecule has 4 rings (SSSR count). The van der Waals surface area contributed by atoms with Gasteiger partial charge in [0.05, 0.1) is 25.1 Å². The molecule has 8 heteroatoms. The molecule has 1 aliphatic rings. The molecule has 144 valence electrons. The summed E-state index contributed by atoms with van der Waals surface area (Å²) in [4.78, 5) is 21.4. The average molecular weight is 379 g/mol. The third-order valence-electron chi connectivity index (χ3n) is 4.69. The van der Waals surface area contributed by atoms with E-state index in [4.69, 9.17) is 14.5 Å². The Kier molecular flexibility index (Phi) is 4.68. The number of esters is 1. The molecule has 0 atom stereocenters. The van der Waals surface area contributed by atoms with Crippen LogP contribution in [0.15, 0.2) is 30.5 Å². The summed E-state index contributed by atoms with van der Waals surface area (Å²) in [6, 6.07) is 7.53. The van der Waals surface area contributed by atoms with Crippen molar-refractivity contribution in [2.24, 2.45) is 7.05 Å². The number of nitrogens with zero attached hydrogens (tertiary/aromatic N) is 4. The predicted octanol–water partition coefficient (Wildman–Crippen LogP) is 2.90. The van der Waals surface area contributed by atoms with Gasteiger partial charge >= 0.3 is 5.97 Å². The fourth-order valence-electron chi connectivity index (χ4n) is 3.38. The molecular weight excluding hydrogens is 358 g/mol. The Labute approximate surface area is 162 Å². The van der Waals surface area contributed by atoms with Crippen molar-refractivity contribution in [2.75, 3.05) is 19.0 Å². The molecule has 28 heavy (non-hydrogen) atoms. The molecule has 0 saturated heterocycles. The molecule has 2 aromatic heterocycles. The Hall–Kier alpha value is -3.42. The molecule has 0 bridgehead atoms. The maximum absolute atomic E-state index is 12.2. The highest BCUT2D eigenvalue weighted by molar-refractivity contribution is 5.91. The summed E-state index contributed by atoms with van der Waals surface area (Å²) < 4.78 is 12.0. The normalized spacial score (nSPS) is 12.1. The van der Waals surface area contributed by atoms with Crippen molar-refractivity contribution in [3.63, 3.8) is 0 Å². The van der Waals surface area contributed by atoms with Crippen LogP contribution < -0.4 is 10.1 Å². The SMILES string of the molecule is CCOC(=O)c1nn(C)c2c1CCc1cnc(Nc3ccc(OC)cc3)nc1-2. The molecule has 0 radical (unpaired) electrons. The first-order valence-corrected chi connectivity index (χ1v) is 9.11. The number of aryl methyl sites for hydroxylation is 2. The molecule has 0 aliphatic heterocycles.